The highest BCUT2D eigenvalue weighted by atomic mass is 32.1. The van der Waals surface area contributed by atoms with Gasteiger partial charge >= 0.3 is 0 Å². The summed E-state index contributed by atoms with van der Waals surface area (Å²) >= 11 is 6.84. The Kier molecular flexibility index (Phi) is 2.45. The summed E-state index contributed by atoms with van der Waals surface area (Å²) in [6.45, 7) is 6.61. The van der Waals surface area contributed by atoms with Gasteiger partial charge in [0.1, 0.15) is 0 Å². The molecule has 0 spiro atoms. The van der Waals surface area contributed by atoms with Crippen LogP contribution in [0, 0.1) is 4.51 Å². The normalized spacial score (nSPS) is 11.5. The van der Waals surface area contributed by atoms with Crippen LogP contribution in [0.25, 0.3) is 0 Å². The third-order valence-corrected chi connectivity index (χ3v) is 2.95. The van der Waals surface area contributed by atoms with Crippen molar-refractivity contribution in [1.29, 1.82) is 0 Å². The first-order valence-corrected chi connectivity index (χ1v) is 4.88. The lowest BCUT2D eigenvalue weighted by atomic mass is 9.95. The van der Waals surface area contributed by atoms with Gasteiger partial charge in [-0.15, -0.1) is 11.3 Å². The molecule has 0 atom stereocenters. The van der Waals surface area contributed by atoms with Crippen molar-refractivity contribution in [3.63, 3.8) is 0 Å². The molecule has 1 heterocycles. The molecule has 1 aromatic heterocycles. The van der Waals surface area contributed by atoms with E-state index in [1.165, 1.54) is 4.88 Å². The largest absolute Gasteiger partial charge is 0.148 e. The van der Waals surface area contributed by atoms with Gasteiger partial charge in [0.05, 0.1) is 0 Å². The van der Waals surface area contributed by atoms with Crippen LogP contribution in [0.15, 0.2) is 17.5 Å². The summed E-state index contributed by atoms with van der Waals surface area (Å²) in [5, 5.41) is 2.06. The second-order valence-corrected chi connectivity index (χ2v) is 5.00. The van der Waals surface area contributed by atoms with Crippen molar-refractivity contribution in [2.75, 3.05) is 0 Å². The Morgan fingerprint density at radius 1 is 1.36 bits per heavy atom. The molecule has 2 heteroatoms. The van der Waals surface area contributed by atoms with Gasteiger partial charge < -0.3 is 0 Å². The number of rotatable bonds is 0. The molecule has 0 aliphatic heterocycles. The number of hydrogen-bond acceptors (Lipinski definition) is 2. The van der Waals surface area contributed by atoms with Crippen LogP contribution >= 0.6 is 23.6 Å². The molecular weight excluding hydrogens is 172 g/mol. The number of hydrogen-bond donors (Lipinski definition) is 0. The van der Waals surface area contributed by atoms with Crippen molar-refractivity contribution in [3.8, 4) is 0 Å². The zero-order chi connectivity index (χ0) is 8.48. The van der Waals surface area contributed by atoms with E-state index in [0.29, 0.717) is 0 Å². The highest BCUT2D eigenvalue weighted by Crippen LogP contribution is 2.25. The van der Waals surface area contributed by atoms with Crippen LogP contribution in [0.5, 0.6) is 0 Å². The molecule has 0 aliphatic rings. The standard InChI is InChI=1S/C9H12S2/c1-9(2,3)8-6-7(10)4-5-11-8/h4-6H,1-3H3. The first-order valence-electron chi connectivity index (χ1n) is 3.59. The van der Waals surface area contributed by atoms with E-state index in [1.54, 1.807) is 11.3 Å². The fourth-order valence-electron chi connectivity index (χ4n) is 0.779. The minimum absolute atomic E-state index is 0.236. The lowest BCUT2D eigenvalue weighted by molar-refractivity contribution is 0.603. The van der Waals surface area contributed by atoms with Crippen LogP contribution in [-0.2, 0) is 5.41 Å². The molecule has 60 valence electrons. The molecular formula is C9H12S2. The SMILES string of the molecule is CC(C)(C)c1cc(=S)ccs1. The van der Waals surface area contributed by atoms with Gasteiger partial charge in [0, 0.05) is 9.39 Å². The highest BCUT2D eigenvalue weighted by molar-refractivity contribution is 7.71. The summed E-state index contributed by atoms with van der Waals surface area (Å²) in [7, 11) is 0. The van der Waals surface area contributed by atoms with Gasteiger partial charge in [-0.3, -0.25) is 0 Å². The zero-order valence-corrected chi connectivity index (χ0v) is 8.68. The summed E-state index contributed by atoms with van der Waals surface area (Å²) in [5.74, 6) is 0. The van der Waals surface area contributed by atoms with E-state index in [4.69, 9.17) is 12.2 Å². The van der Waals surface area contributed by atoms with Crippen molar-refractivity contribution in [2.45, 2.75) is 26.2 Å². The summed E-state index contributed by atoms with van der Waals surface area (Å²) in [6, 6.07) is 4.05. The summed E-state index contributed by atoms with van der Waals surface area (Å²) < 4.78 is 0.939. The van der Waals surface area contributed by atoms with Crippen molar-refractivity contribution in [2.24, 2.45) is 0 Å². The molecule has 0 unspecified atom stereocenters. The van der Waals surface area contributed by atoms with Crippen LogP contribution in [0.1, 0.15) is 25.6 Å². The molecule has 1 aromatic rings. The minimum atomic E-state index is 0.236. The Morgan fingerprint density at radius 3 is 2.36 bits per heavy atom. The van der Waals surface area contributed by atoms with E-state index in [2.05, 4.69) is 32.2 Å². The quantitative estimate of drug-likeness (QED) is 0.553. The average Bonchev–Trinajstić information content (AvgIpc) is 1.86. The molecule has 11 heavy (non-hydrogen) atoms. The first kappa shape index (κ1) is 8.88. The molecule has 0 radical (unpaired) electrons. The summed E-state index contributed by atoms with van der Waals surface area (Å²) in [4.78, 5) is 1.35. The first-order chi connectivity index (χ1) is 5.00. The predicted octanol–water partition coefficient (Wildman–Crippen LogP) is 3.78. The lowest BCUT2D eigenvalue weighted by Crippen LogP contribution is -2.08. The Labute approximate surface area is 76.9 Å². The molecule has 0 nitrogen and oxygen atoms in total. The van der Waals surface area contributed by atoms with Crippen molar-refractivity contribution >= 4 is 23.6 Å². The monoisotopic (exact) mass is 184 g/mol. The predicted molar refractivity (Wildman–Crippen MR) is 53.9 cm³/mol. The highest BCUT2D eigenvalue weighted by Gasteiger charge is 2.13. The van der Waals surface area contributed by atoms with E-state index in [9.17, 15) is 0 Å². The maximum atomic E-state index is 5.08. The second kappa shape index (κ2) is 3.03. The molecule has 0 bridgehead atoms. The molecule has 0 aliphatic carbocycles. The molecule has 0 saturated carbocycles. The van der Waals surface area contributed by atoms with Gasteiger partial charge in [0.15, 0.2) is 0 Å². The van der Waals surface area contributed by atoms with Gasteiger partial charge in [-0.05, 0) is 22.9 Å². The van der Waals surface area contributed by atoms with E-state index in [-0.39, 0.29) is 5.41 Å². The molecule has 0 aromatic carbocycles. The molecule has 1 rings (SSSR count). The van der Waals surface area contributed by atoms with E-state index >= 15 is 0 Å². The van der Waals surface area contributed by atoms with Gasteiger partial charge in [-0.1, -0.05) is 33.0 Å². The minimum Gasteiger partial charge on any atom is -0.148 e. The van der Waals surface area contributed by atoms with Gasteiger partial charge in [0.2, 0.25) is 0 Å². The zero-order valence-electron chi connectivity index (χ0n) is 7.05. The topological polar surface area (TPSA) is 0 Å². The van der Waals surface area contributed by atoms with Crippen LogP contribution in [-0.4, -0.2) is 0 Å². The van der Waals surface area contributed by atoms with Gasteiger partial charge in [-0.25, -0.2) is 0 Å². The fraction of sp³-hybridized carbons (Fsp3) is 0.444. The summed E-state index contributed by atoms with van der Waals surface area (Å²) in [6.07, 6.45) is 0. The van der Waals surface area contributed by atoms with Crippen LogP contribution < -0.4 is 0 Å². The van der Waals surface area contributed by atoms with E-state index < -0.39 is 0 Å². The fourth-order valence-corrected chi connectivity index (χ4v) is 2.04. The van der Waals surface area contributed by atoms with Crippen LogP contribution in [0.2, 0.25) is 0 Å². The molecule has 0 saturated heterocycles. The van der Waals surface area contributed by atoms with Crippen molar-refractivity contribution < 1.29 is 0 Å². The Balaban J connectivity index is 3.16. The Morgan fingerprint density at radius 2 is 2.00 bits per heavy atom. The molecule has 0 amide bonds. The van der Waals surface area contributed by atoms with Gasteiger partial charge in [0.25, 0.3) is 0 Å². The lowest BCUT2D eigenvalue weighted by Gasteiger charge is -2.16. The third-order valence-electron chi connectivity index (χ3n) is 1.44. The van der Waals surface area contributed by atoms with Crippen LogP contribution in [0.4, 0.5) is 0 Å². The van der Waals surface area contributed by atoms with Gasteiger partial charge in [-0.2, -0.15) is 0 Å². The maximum Gasteiger partial charge on any atom is 0.0396 e. The van der Waals surface area contributed by atoms with E-state index in [1.807, 2.05) is 6.07 Å². The smallest absolute Gasteiger partial charge is 0.0396 e. The van der Waals surface area contributed by atoms with E-state index in [0.717, 1.165) is 4.51 Å². The van der Waals surface area contributed by atoms with Crippen LogP contribution in [0.3, 0.4) is 0 Å². The van der Waals surface area contributed by atoms with Crippen molar-refractivity contribution in [1.82, 2.24) is 0 Å². The average molecular weight is 184 g/mol. The summed E-state index contributed by atoms with van der Waals surface area (Å²) in [5.41, 5.74) is 0.236. The maximum absolute atomic E-state index is 5.08. The second-order valence-electron chi connectivity index (χ2n) is 3.58. The molecule has 0 fully saturated rings. The Bertz CT molecular complexity index is 291. The third kappa shape index (κ3) is 2.38. The Hall–Kier alpha value is -0.210. The van der Waals surface area contributed by atoms with Crippen molar-refractivity contribution in [3.05, 3.63) is 26.9 Å². The molecule has 0 N–H and O–H groups in total.